The molecule has 0 aliphatic heterocycles. The molecule has 3 rings (SSSR count). The lowest BCUT2D eigenvalue weighted by Gasteiger charge is -2.09. The maximum absolute atomic E-state index is 11.3. The number of anilines is 1. The normalized spacial score (nSPS) is 16.4. The second-order valence-electron chi connectivity index (χ2n) is 4.90. The highest BCUT2D eigenvalue weighted by atomic mass is 16.1. The van der Waals surface area contributed by atoms with Crippen LogP contribution in [-0.2, 0) is 0 Å². The highest BCUT2D eigenvalue weighted by molar-refractivity contribution is 5.48. The molecule has 1 fully saturated rings. The molecule has 2 N–H and O–H groups in total. The van der Waals surface area contributed by atoms with E-state index in [1.807, 2.05) is 0 Å². The molecule has 0 saturated heterocycles. The average Bonchev–Trinajstić information content (AvgIpc) is 3.00. The van der Waals surface area contributed by atoms with Crippen molar-refractivity contribution >= 4 is 11.5 Å². The lowest BCUT2D eigenvalue weighted by Crippen LogP contribution is -2.11. The van der Waals surface area contributed by atoms with Crippen LogP contribution in [0.15, 0.2) is 17.2 Å². The summed E-state index contributed by atoms with van der Waals surface area (Å²) in [5, 5.41) is 9.60. The van der Waals surface area contributed by atoms with Gasteiger partial charge >= 0.3 is 5.69 Å². The van der Waals surface area contributed by atoms with E-state index in [0.717, 1.165) is 18.3 Å². The van der Waals surface area contributed by atoms with Gasteiger partial charge in [-0.05, 0) is 12.3 Å². The smallest absolute Gasteiger partial charge is 0.348 e. The summed E-state index contributed by atoms with van der Waals surface area (Å²) in [6.45, 7) is 0.933. The van der Waals surface area contributed by atoms with Crippen LogP contribution in [0.4, 0.5) is 5.82 Å². The second kappa shape index (κ2) is 4.80. The van der Waals surface area contributed by atoms with Crippen LogP contribution < -0.4 is 11.0 Å². The third-order valence-electron chi connectivity index (χ3n) is 3.64. The van der Waals surface area contributed by atoms with Crippen molar-refractivity contribution in [2.45, 2.75) is 32.1 Å². The first-order valence-electron chi connectivity index (χ1n) is 6.49. The van der Waals surface area contributed by atoms with Crippen molar-refractivity contribution in [2.75, 3.05) is 11.9 Å². The first kappa shape index (κ1) is 11.3. The standard InChI is InChI=1S/C12H17N5O/c18-12-16-15-11-7-10(14-8-17(11)12)13-6-5-9-3-1-2-4-9/h7-9,13H,1-6H2,(H,16,18). The number of H-pyrrole nitrogens is 1. The molecule has 0 spiro atoms. The predicted molar refractivity (Wildman–Crippen MR) is 68.7 cm³/mol. The van der Waals surface area contributed by atoms with Gasteiger partial charge in [0, 0.05) is 12.6 Å². The van der Waals surface area contributed by atoms with Gasteiger partial charge in [-0.15, -0.1) is 0 Å². The fourth-order valence-corrected chi connectivity index (χ4v) is 2.61. The van der Waals surface area contributed by atoms with Crippen LogP contribution in [-0.4, -0.2) is 26.1 Å². The summed E-state index contributed by atoms with van der Waals surface area (Å²) in [6.07, 6.45) is 8.18. The fraction of sp³-hybridized carbons (Fsp3) is 0.583. The Bertz CT molecular complexity index is 581. The van der Waals surface area contributed by atoms with Crippen LogP contribution >= 0.6 is 0 Å². The number of hydrogen-bond donors (Lipinski definition) is 2. The van der Waals surface area contributed by atoms with Crippen molar-refractivity contribution in [1.29, 1.82) is 0 Å². The maximum Gasteiger partial charge on any atom is 0.348 e. The highest BCUT2D eigenvalue weighted by Crippen LogP contribution is 2.27. The SMILES string of the molecule is O=c1[nH]nc2cc(NCCC3CCCC3)ncn12. The lowest BCUT2D eigenvalue weighted by atomic mass is 10.0. The first-order chi connectivity index (χ1) is 8.83. The number of aromatic amines is 1. The quantitative estimate of drug-likeness (QED) is 0.856. The summed E-state index contributed by atoms with van der Waals surface area (Å²) < 4.78 is 1.39. The molecule has 6 heteroatoms. The van der Waals surface area contributed by atoms with Gasteiger partial charge in [-0.25, -0.2) is 19.3 Å². The number of hydrogen-bond acceptors (Lipinski definition) is 4. The molecule has 0 atom stereocenters. The van der Waals surface area contributed by atoms with Gasteiger partial charge in [0.15, 0.2) is 5.65 Å². The van der Waals surface area contributed by atoms with E-state index < -0.39 is 0 Å². The molecule has 2 heterocycles. The minimum atomic E-state index is -0.255. The van der Waals surface area contributed by atoms with E-state index in [9.17, 15) is 4.79 Å². The number of rotatable bonds is 4. The van der Waals surface area contributed by atoms with E-state index in [0.29, 0.717) is 5.65 Å². The Hall–Kier alpha value is -1.85. The van der Waals surface area contributed by atoms with Crippen LogP contribution in [0.2, 0.25) is 0 Å². The average molecular weight is 247 g/mol. The molecular weight excluding hydrogens is 230 g/mol. The number of nitrogens with one attached hydrogen (secondary N) is 2. The number of aromatic nitrogens is 4. The molecule has 0 aromatic carbocycles. The molecular formula is C12H17N5O. The summed E-state index contributed by atoms with van der Waals surface area (Å²) in [4.78, 5) is 15.5. The zero-order valence-corrected chi connectivity index (χ0v) is 10.2. The Morgan fingerprint density at radius 3 is 3.11 bits per heavy atom. The Balaban J connectivity index is 1.62. The van der Waals surface area contributed by atoms with Crippen molar-refractivity contribution in [1.82, 2.24) is 19.6 Å². The van der Waals surface area contributed by atoms with Crippen LogP contribution in [0.3, 0.4) is 0 Å². The van der Waals surface area contributed by atoms with Crippen LogP contribution in [0.1, 0.15) is 32.1 Å². The zero-order chi connectivity index (χ0) is 12.4. The van der Waals surface area contributed by atoms with Gasteiger partial charge in [-0.2, -0.15) is 5.10 Å². The molecule has 2 aromatic heterocycles. The van der Waals surface area contributed by atoms with Gasteiger partial charge in [-0.1, -0.05) is 25.7 Å². The summed E-state index contributed by atoms with van der Waals surface area (Å²) in [5.74, 6) is 1.65. The third kappa shape index (κ3) is 2.23. The predicted octanol–water partition coefficient (Wildman–Crippen LogP) is 1.41. The first-order valence-corrected chi connectivity index (χ1v) is 6.49. The van der Waals surface area contributed by atoms with E-state index in [4.69, 9.17) is 0 Å². The van der Waals surface area contributed by atoms with Crippen molar-refractivity contribution in [2.24, 2.45) is 5.92 Å². The Morgan fingerprint density at radius 2 is 2.28 bits per heavy atom. The molecule has 2 aromatic rings. The van der Waals surface area contributed by atoms with Crippen molar-refractivity contribution < 1.29 is 0 Å². The molecule has 6 nitrogen and oxygen atoms in total. The molecule has 0 radical (unpaired) electrons. The van der Waals surface area contributed by atoms with Gasteiger partial charge in [0.25, 0.3) is 0 Å². The Kier molecular flexibility index (Phi) is 3.00. The minimum Gasteiger partial charge on any atom is -0.370 e. The Labute approximate surface area is 104 Å². The van der Waals surface area contributed by atoms with Crippen LogP contribution in [0.5, 0.6) is 0 Å². The summed E-state index contributed by atoms with van der Waals surface area (Å²) in [5.41, 5.74) is 0.341. The Morgan fingerprint density at radius 1 is 1.44 bits per heavy atom. The van der Waals surface area contributed by atoms with Crippen molar-refractivity contribution in [3.05, 3.63) is 22.9 Å². The second-order valence-corrected chi connectivity index (χ2v) is 4.90. The van der Waals surface area contributed by atoms with E-state index in [-0.39, 0.29) is 5.69 Å². The molecule has 96 valence electrons. The maximum atomic E-state index is 11.3. The largest absolute Gasteiger partial charge is 0.370 e. The molecule has 1 saturated carbocycles. The van der Waals surface area contributed by atoms with E-state index in [1.165, 1.54) is 42.8 Å². The number of fused-ring (bicyclic) bond motifs is 1. The van der Waals surface area contributed by atoms with Gasteiger partial charge < -0.3 is 5.32 Å². The van der Waals surface area contributed by atoms with E-state index in [1.54, 1.807) is 6.07 Å². The molecule has 1 aliphatic rings. The van der Waals surface area contributed by atoms with E-state index >= 15 is 0 Å². The minimum absolute atomic E-state index is 0.255. The zero-order valence-electron chi connectivity index (χ0n) is 10.2. The van der Waals surface area contributed by atoms with Crippen molar-refractivity contribution in [3.63, 3.8) is 0 Å². The monoisotopic (exact) mass is 247 g/mol. The lowest BCUT2D eigenvalue weighted by molar-refractivity contribution is 0.518. The fourth-order valence-electron chi connectivity index (χ4n) is 2.61. The molecule has 18 heavy (non-hydrogen) atoms. The van der Waals surface area contributed by atoms with Gasteiger partial charge in [0.2, 0.25) is 0 Å². The summed E-state index contributed by atoms with van der Waals surface area (Å²) in [6, 6.07) is 1.78. The third-order valence-corrected chi connectivity index (χ3v) is 3.64. The molecule has 1 aliphatic carbocycles. The summed E-state index contributed by atoms with van der Waals surface area (Å²) in [7, 11) is 0. The highest BCUT2D eigenvalue weighted by Gasteiger charge is 2.14. The topological polar surface area (TPSA) is 75.1 Å². The van der Waals surface area contributed by atoms with E-state index in [2.05, 4.69) is 20.5 Å². The van der Waals surface area contributed by atoms with Gasteiger partial charge in [0.05, 0.1) is 0 Å². The summed E-state index contributed by atoms with van der Waals surface area (Å²) >= 11 is 0. The van der Waals surface area contributed by atoms with Gasteiger partial charge in [-0.3, -0.25) is 0 Å². The van der Waals surface area contributed by atoms with Crippen molar-refractivity contribution in [3.8, 4) is 0 Å². The molecule has 0 amide bonds. The molecule has 0 bridgehead atoms. The van der Waals surface area contributed by atoms with Crippen LogP contribution in [0.25, 0.3) is 5.65 Å². The molecule has 0 unspecified atom stereocenters. The number of nitrogens with zero attached hydrogens (tertiary/aromatic N) is 3. The van der Waals surface area contributed by atoms with Gasteiger partial charge in [0.1, 0.15) is 12.1 Å². The van der Waals surface area contributed by atoms with Crippen LogP contribution in [0, 0.1) is 5.92 Å².